The Bertz CT molecular complexity index is 902. The number of thiophene rings is 1. The molecule has 22 heavy (non-hydrogen) atoms. The van der Waals surface area contributed by atoms with Crippen molar-refractivity contribution in [2.24, 2.45) is 0 Å². The minimum absolute atomic E-state index is 0.0759. The molecule has 0 bridgehead atoms. The summed E-state index contributed by atoms with van der Waals surface area (Å²) in [6.07, 6.45) is 5.17. The van der Waals surface area contributed by atoms with Crippen LogP contribution in [0.15, 0.2) is 29.9 Å². The SMILES string of the molecule is Cc1ccc([N+](=O)[O-])cc1C=Cc1csc2c(N)ncnc12. The van der Waals surface area contributed by atoms with Crippen LogP contribution in [0.3, 0.4) is 0 Å². The Kier molecular flexibility index (Phi) is 3.56. The number of nitro groups is 1. The number of anilines is 1. The van der Waals surface area contributed by atoms with Crippen molar-refractivity contribution < 1.29 is 4.92 Å². The Morgan fingerprint density at radius 1 is 1.27 bits per heavy atom. The highest BCUT2D eigenvalue weighted by atomic mass is 32.1. The molecule has 110 valence electrons. The summed E-state index contributed by atoms with van der Waals surface area (Å²) >= 11 is 1.48. The van der Waals surface area contributed by atoms with Gasteiger partial charge < -0.3 is 5.73 Å². The topological polar surface area (TPSA) is 94.9 Å². The lowest BCUT2D eigenvalue weighted by Crippen LogP contribution is -1.90. The number of nitrogens with two attached hydrogens (primary N) is 1. The van der Waals surface area contributed by atoms with E-state index in [-0.39, 0.29) is 5.69 Å². The van der Waals surface area contributed by atoms with Crippen LogP contribution in [0.5, 0.6) is 0 Å². The fraction of sp³-hybridized carbons (Fsp3) is 0.0667. The van der Waals surface area contributed by atoms with Crippen LogP contribution in [0, 0.1) is 17.0 Å². The van der Waals surface area contributed by atoms with Crippen molar-refractivity contribution in [3.05, 3.63) is 56.7 Å². The molecular formula is C15H12N4O2S. The number of aromatic nitrogens is 2. The van der Waals surface area contributed by atoms with E-state index in [9.17, 15) is 10.1 Å². The van der Waals surface area contributed by atoms with E-state index in [0.29, 0.717) is 5.82 Å². The van der Waals surface area contributed by atoms with Crippen LogP contribution >= 0.6 is 11.3 Å². The number of rotatable bonds is 3. The molecule has 0 aliphatic rings. The maximum absolute atomic E-state index is 10.9. The molecule has 0 radical (unpaired) electrons. The molecule has 0 saturated carbocycles. The minimum Gasteiger partial charge on any atom is -0.382 e. The van der Waals surface area contributed by atoms with Crippen LogP contribution in [0.25, 0.3) is 22.4 Å². The second-order valence-electron chi connectivity index (χ2n) is 4.76. The van der Waals surface area contributed by atoms with Gasteiger partial charge in [-0.1, -0.05) is 18.2 Å². The predicted octanol–water partition coefficient (Wildman–Crippen LogP) is 3.66. The van der Waals surface area contributed by atoms with Gasteiger partial charge in [0.2, 0.25) is 0 Å². The van der Waals surface area contributed by atoms with Gasteiger partial charge in [-0.25, -0.2) is 9.97 Å². The molecule has 0 fully saturated rings. The number of non-ortho nitro benzene ring substituents is 1. The van der Waals surface area contributed by atoms with Crippen LogP contribution in [-0.2, 0) is 0 Å². The highest BCUT2D eigenvalue weighted by Crippen LogP contribution is 2.29. The molecule has 3 aromatic rings. The molecular weight excluding hydrogens is 300 g/mol. The zero-order valence-corrected chi connectivity index (χ0v) is 12.5. The maximum atomic E-state index is 10.9. The van der Waals surface area contributed by atoms with Crippen LogP contribution < -0.4 is 5.73 Å². The number of aryl methyl sites for hydroxylation is 1. The summed E-state index contributed by atoms with van der Waals surface area (Å²) in [6, 6.07) is 4.80. The largest absolute Gasteiger partial charge is 0.382 e. The van der Waals surface area contributed by atoms with Crippen molar-refractivity contribution >= 4 is 45.2 Å². The fourth-order valence-electron chi connectivity index (χ4n) is 2.11. The molecule has 2 N–H and O–H groups in total. The molecule has 7 heteroatoms. The van der Waals surface area contributed by atoms with Crippen molar-refractivity contribution in [3.8, 4) is 0 Å². The van der Waals surface area contributed by atoms with Gasteiger partial charge in [-0.05, 0) is 18.1 Å². The van der Waals surface area contributed by atoms with Crippen LogP contribution in [0.2, 0.25) is 0 Å². The first-order valence-corrected chi connectivity index (χ1v) is 7.35. The van der Waals surface area contributed by atoms with Gasteiger partial charge in [-0.3, -0.25) is 10.1 Å². The van der Waals surface area contributed by atoms with Crippen molar-refractivity contribution in [1.29, 1.82) is 0 Å². The number of hydrogen-bond acceptors (Lipinski definition) is 6. The fourth-order valence-corrected chi connectivity index (χ4v) is 3.00. The lowest BCUT2D eigenvalue weighted by Gasteiger charge is -2.00. The van der Waals surface area contributed by atoms with Crippen molar-refractivity contribution in [3.63, 3.8) is 0 Å². The molecule has 0 spiro atoms. The van der Waals surface area contributed by atoms with E-state index in [2.05, 4.69) is 9.97 Å². The number of nitrogens with zero attached hydrogens (tertiary/aromatic N) is 3. The third kappa shape index (κ3) is 2.53. The first-order valence-electron chi connectivity index (χ1n) is 6.47. The highest BCUT2D eigenvalue weighted by Gasteiger charge is 2.08. The summed E-state index contributed by atoms with van der Waals surface area (Å²) in [7, 11) is 0. The average Bonchev–Trinajstić information content (AvgIpc) is 2.91. The van der Waals surface area contributed by atoms with Gasteiger partial charge in [-0.2, -0.15) is 0 Å². The molecule has 0 unspecified atom stereocenters. The number of benzene rings is 1. The van der Waals surface area contributed by atoms with Crippen LogP contribution in [-0.4, -0.2) is 14.9 Å². The Labute approximate surface area is 130 Å². The molecule has 3 rings (SSSR count). The molecule has 0 aliphatic heterocycles. The Hall–Kier alpha value is -2.80. The molecule has 1 aromatic carbocycles. The standard InChI is InChI=1S/C15H12N4O2S/c1-9-2-5-12(19(20)21)6-10(9)3-4-11-7-22-14-13(11)17-8-18-15(14)16/h2-8H,1H3,(H2,16,17,18). The van der Waals surface area contributed by atoms with Gasteiger partial charge in [0.1, 0.15) is 12.1 Å². The van der Waals surface area contributed by atoms with Crippen molar-refractivity contribution in [1.82, 2.24) is 9.97 Å². The average molecular weight is 312 g/mol. The molecule has 0 aliphatic carbocycles. The Morgan fingerprint density at radius 3 is 2.82 bits per heavy atom. The lowest BCUT2D eigenvalue weighted by molar-refractivity contribution is -0.384. The summed E-state index contributed by atoms with van der Waals surface area (Å²) in [4.78, 5) is 18.7. The molecule has 2 aromatic heterocycles. The van der Waals surface area contributed by atoms with Gasteiger partial charge in [-0.15, -0.1) is 11.3 Å². The molecule has 6 nitrogen and oxygen atoms in total. The Balaban J connectivity index is 2.01. The smallest absolute Gasteiger partial charge is 0.270 e. The van der Waals surface area contributed by atoms with E-state index >= 15 is 0 Å². The normalized spacial score (nSPS) is 11.3. The Morgan fingerprint density at radius 2 is 2.05 bits per heavy atom. The van der Waals surface area contributed by atoms with Crippen LogP contribution in [0.4, 0.5) is 11.5 Å². The first-order chi connectivity index (χ1) is 10.6. The van der Waals surface area contributed by atoms with Gasteiger partial charge in [0.05, 0.1) is 15.1 Å². The molecule has 2 heterocycles. The third-order valence-electron chi connectivity index (χ3n) is 3.32. The van der Waals surface area contributed by atoms with E-state index in [4.69, 9.17) is 5.73 Å². The van der Waals surface area contributed by atoms with E-state index in [1.807, 2.05) is 24.5 Å². The van der Waals surface area contributed by atoms with Gasteiger partial charge in [0.25, 0.3) is 5.69 Å². The van der Waals surface area contributed by atoms with Crippen LogP contribution in [0.1, 0.15) is 16.7 Å². The monoisotopic (exact) mass is 312 g/mol. The highest BCUT2D eigenvalue weighted by molar-refractivity contribution is 7.18. The predicted molar refractivity (Wildman–Crippen MR) is 88.6 cm³/mol. The second-order valence-corrected chi connectivity index (χ2v) is 5.64. The summed E-state index contributed by atoms with van der Waals surface area (Å²) in [5.74, 6) is 0.459. The quantitative estimate of drug-likeness (QED) is 0.588. The lowest BCUT2D eigenvalue weighted by atomic mass is 10.1. The zero-order valence-electron chi connectivity index (χ0n) is 11.7. The van der Waals surface area contributed by atoms with E-state index in [0.717, 1.165) is 26.9 Å². The van der Waals surface area contributed by atoms with Crippen molar-refractivity contribution in [2.75, 3.05) is 5.73 Å². The zero-order chi connectivity index (χ0) is 15.7. The number of fused-ring (bicyclic) bond motifs is 1. The van der Waals surface area contributed by atoms with E-state index in [1.54, 1.807) is 12.1 Å². The van der Waals surface area contributed by atoms with Gasteiger partial charge in [0.15, 0.2) is 0 Å². The first kappa shape index (κ1) is 14.2. The maximum Gasteiger partial charge on any atom is 0.270 e. The number of nitro benzene ring substituents is 1. The molecule has 0 atom stereocenters. The second kappa shape index (κ2) is 5.53. The molecule has 0 amide bonds. The molecule has 0 saturated heterocycles. The third-order valence-corrected chi connectivity index (χ3v) is 4.33. The van der Waals surface area contributed by atoms with Crippen molar-refractivity contribution in [2.45, 2.75) is 6.92 Å². The van der Waals surface area contributed by atoms with Gasteiger partial charge in [0, 0.05) is 23.1 Å². The minimum atomic E-state index is -0.398. The number of hydrogen-bond donors (Lipinski definition) is 1. The summed E-state index contributed by atoms with van der Waals surface area (Å²) < 4.78 is 0.845. The summed E-state index contributed by atoms with van der Waals surface area (Å²) in [5.41, 5.74) is 9.37. The number of nitrogen functional groups attached to an aromatic ring is 1. The van der Waals surface area contributed by atoms with E-state index in [1.165, 1.54) is 23.7 Å². The summed E-state index contributed by atoms with van der Waals surface area (Å²) in [6.45, 7) is 1.91. The summed E-state index contributed by atoms with van der Waals surface area (Å²) in [5, 5.41) is 12.8. The van der Waals surface area contributed by atoms with Gasteiger partial charge >= 0.3 is 0 Å². The van der Waals surface area contributed by atoms with E-state index < -0.39 is 4.92 Å².